The number of imidazole rings is 1. The topological polar surface area (TPSA) is 124 Å². The molecule has 0 radical (unpaired) electrons. The van der Waals surface area contributed by atoms with Crippen LogP contribution in [0.15, 0.2) is 23.1 Å². The maximum absolute atomic E-state index is 12.4. The Labute approximate surface area is 169 Å². The van der Waals surface area contributed by atoms with Gasteiger partial charge in [0.05, 0.1) is 18.8 Å². The molecule has 0 bridgehead atoms. The molecule has 0 aliphatic rings. The molecule has 0 saturated carbocycles. The van der Waals surface area contributed by atoms with Crippen molar-refractivity contribution < 1.29 is 4.74 Å². The molecule has 0 aromatic carbocycles. The van der Waals surface area contributed by atoms with Crippen LogP contribution in [0.2, 0.25) is 0 Å². The fourth-order valence-corrected chi connectivity index (χ4v) is 2.90. The Hall–Kier alpha value is -2.94. The summed E-state index contributed by atoms with van der Waals surface area (Å²) in [5, 5.41) is 3.37. The molecule has 3 rings (SSSR count). The van der Waals surface area contributed by atoms with E-state index in [0.717, 1.165) is 50.0 Å². The zero-order chi connectivity index (χ0) is 20.6. The second kappa shape index (κ2) is 10.0. The molecular formula is C20H29N7O2. The second-order valence-corrected chi connectivity index (χ2v) is 7.00. The van der Waals surface area contributed by atoms with E-state index in [-0.39, 0.29) is 17.5 Å². The van der Waals surface area contributed by atoms with Crippen LogP contribution in [0.4, 0.5) is 5.82 Å². The van der Waals surface area contributed by atoms with Gasteiger partial charge in [0.25, 0.3) is 0 Å². The zero-order valence-electron chi connectivity index (χ0n) is 17.1. The molecule has 9 heteroatoms. The van der Waals surface area contributed by atoms with Crippen molar-refractivity contribution in [2.45, 2.75) is 52.6 Å². The van der Waals surface area contributed by atoms with E-state index in [0.29, 0.717) is 24.3 Å². The maximum atomic E-state index is 12.4. The molecule has 0 spiro atoms. The molecule has 3 heterocycles. The number of hydrogen-bond acceptors (Lipinski definition) is 7. The number of nitrogen functional groups attached to an aromatic ring is 1. The Balaban J connectivity index is 1.76. The summed E-state index contributed by atoms with van der Waals surface area (Å²) in [7, 11) is 0. The van der Waals surface area contributed by atoms with Crippen molar-refractivity contribution >= 4 is 17.0 Å². The molecule has 4 N–H and O–H groups in total. The highest BCUT2D eigenvalue weighted by Gasteiger charge is 2.15. The van der Waals surface area contributed by atoms with E-state index in [1.807, 2.05) is 12.1 Å². The first-order valence-corrected chi connectivity index (χ1v) is 10.2. The van der Waals surface area contributed by atoms with Crippen molar-refractivity contribution in [3.8, 4) is 6.01 Å². The van der Waals surface area contributed by atoms with Crippen molar-refractivity contribution in [1.29, 1.82) is 0 Å². The van der Waals surface area contributed by atoms with E-state index in [1.54, 1.807) is 6.20 Å². The predicted octanol–water partition coefficient (Wildman–Crippen LogP) is 2.21. The number of nitrogens with one attached hydrogen (secondary N) is 2. The zero-order valence-corrected chi connectivity index (χ0v) is 17.1. The molecule has 0 aliphatic heterocycles. The standard InChI is InChI=1S/C20H29N7O2/c1-3-5-9-22-12-15-8-7-14(11-23-15)13-27-18-16(24-20(27)28)17(21)25-19(26-18)29-10-6-4-2/h7-8,11,22H,3-6,9-10,12-13H2,1-2H3,(H,24,28)(H2,21,25,26). The summed E-state index contributed by atoms with van der Waals surface area (Å²) in [5.41, 5.74) is 8.41. The fraction of sp³-hybridized carbons (Fsp3) is 0.500. The van der Waals surface area contributed by atoms with E-state index in [9.17, 15) is 4.79 Å². The number of anilines is 1. The van der Waals surface area contributed by atoms with Crippen LogP contribution >= 0.6 is 0 Å². The minimum atomic E-state index is -0.294. The Morgan fingerprint density at radius 1 is 1.21 bits per heavy atom. The Morgan fingerprint density at radius 3 is 2.76 bits per heavy atom. The highest BCUT2D eigenvalue weighted by atomic mass is 16.5. The molecule has 3 aromatic heterocycles. The van der Waals surface area contributed by atoms with E-state index < -0.39 is 0 Å². The lowest BCUT2D eigenvalue weighted by Crippen LogP contribution is -2.18. The third kappa shape index (κ3) is 5.32. The highest BCUT2D eigenvalue weighted by molar-refractivity contribution is 5.81. The Morgan fingerprint density at radius 2 is 2.03 bits per heavy atom. The van der Waals surface area contributed by atoms with Crippen LogP contribution in [0, 0.1) is 0 Å². The molecule has 156 valence electrons. The first-order valence-electron chi connectivity index (χ1n) is 10.2. The number of nitrogens with two attached hydrogens (primary N) is 1. The summed E-state index contributed by atoms with van der Waals surface area (Å²) < 4.78 is 7.09. The van der Waals surface area contributed by atoms with E-state index in [2.05, 4.69) is 39.1 Å². The van der Waals surface area contributed by atoms with Crippen LogP contribution in [-0.4, -0.2) is 37.7 Å². The average molecular weight is 399 g/mol. The molecule has 0 amide bonds. The first kappa shape index (κ1) is 20.8. The fourth-order valence-electron chi connectivity index (χ4n) is 2.90. The molecule has 29 heavy (non-hydrogen) atoms. The van der Waals surface area contributed by atoms with Gasteiger partial charge in [-0.2, -0.15) is 9.97 Å². The number of nitrogens with zero attached hydrogens (tertiary/aromatic N) is 4. The summed E-state index contributed by atoms with van der Waals surface area (Å²) in [6.45, 7) is 6.80. The van der Waals surface area contributed by atoms with Gasteiger partial charge in [-0.05, 0) is 31.0 Å². The number of aromatic nitrogens is 5. The number of ether oxygens (including phenoxy) is 1. The second-order valence-electron chi connectivity index (χ2n) is 7.00. The number of hydrogen-bond donors (Lipinski definition) is 3. The summed E-state index contributed by atoms with van der Waals surface area (Å²) >= 11 is 0. The molecule has 0 atom stereocenters. The van der Waals surface area contributed by atoms with Gasteiger partial charge in [0.15, 0.2) is 11.5 Å². The van der Waals surface area contributed by atoms with Crippen LogP contribution in [0.1, 0.15) is 50.8 Å². The van der Waals surface area contributed by atoms with Crippen LogP contribution in [0.25, 0.3) is 11.2 Å². The normalized spacial score (nSPS) is 11.2. The summed E-state index contributed by atoms with van der Waals surface area (Å²) in [4.78, 5) is 28.2. The molecule has 9 nitrogen and oxygen atoms in total. The molecule has 0 aliphatic carbocycles. The molecule has 3 aromatic rings. The lowest BCUT2D eigenvalue weighted by molar-refractivity contribution is 0.286. The Kier molecular flexibility index (Phi) is 7.18. The molecule has 0 unspecified atom stereocenters. The lowest BCUT2D eigenvalue weighted by atomic mass is 10.2. The molecule has 0 fully saturated rings. The van der Waals surface area contributed by atoms with E-state index in [1.165, 1.54) is 4.57 Å². The minimum Gasteiger partial charge on any atom is -0.463 e. The largest absolute Gasteiger partial charge is 0.463 e. The van der Waals surface area contributed by atoms with Gasteiger partial charge in [0.2, 0.25) is 0 Å². The summed E-state index contributed by atoms with van der Waals surface area (Å²) in [6.07, 6.45) is 6.00. The van der Waals surface area contributed by atoms with Crippen molar-refractivity contribution in [2.75, 3.05) is 18.9 Å². The SMILES string of the molecule is CCCCNCc1ccc(Cn2c(=O)[nH]c3c(N)nc(OCCCC)nc32)cn1. The average Bonchev–Trinajstić information content (AvgIpc) is 3.03. The van der Waals surface area contributed by atoms with Crippen LogP contribution in [0.3, 0.4) is 0 Å². The van der Waals surface area contributed by atoms with Gasteiger partial charge in [-0.15, -0.1) is 0 Å². The van der Waals surface area contributed by atoms with Crippen LogP contribution < -0.4 is 21.5 Å². The predicted molar refractivity (Wildman–Crippen MR) is 113 cm³/mol. The van der Waals surface area contributed by atoms with Crippen molar-refractivity contribution in [2.24, 2.45) is 0 Å². The van der Waals surface area contributed by atoms with Gasteiger partial charge >= 0.3 is 11.7 Å². The third-order valence-electron chi connectivity index (χ3n) is 4.60. The smallest absolute Gasteiger partial charge is 0.328 e. The quantitative estimate of drug-likeness (QED) is 0.422. The number of aromatic amines is 1. The number of unbranched alkanes of at least 4 members (excludes halogenated alkanes) is 2. The number of rotatable bonds is 11. The summed E-state index contributed by atoms with van der Waals surface area (Å²) in [6, 6.07) is 4.12. The van der Waals surface area contributed by atoms with Crippen LogP contribution in [-0.2, 0) is 13.1 Å². The van der Waals surface area contributed by atoms with Gasteiger partial charge in [0.1, 0.15) is 5.52 Å². The first-order chi connectivity index (χ1) is 14.1. The maximum Gasteiger partial charge on any atom is 0.328 e. The van der Waals surface area contributed by atoms with Gasteiger partial charge in [-0.1, -0.05) is 32.8 Å². The number of fused-ring (bicyclic) bond motifs is 1. The van der Waals surface area contributed by atoms with Gasteiger partial charge in [-0.25, -0.2) is 4.79 Å². The number of pyridine rings is 1. The Bertz CT molecular complexity index is 979. The third-order valence-corrected chi connectivity index (χ3v) is 4.60. The highest BCUT2D eigenvalue weighted by Crippen LogP contribution is 2.18. The monoisotopic (exact) mass is 399 g/mol. The minimum absolute atomic E-state index is 0.183. The van der Waals surface area contributed by atoms with Crippen LogP contribution in [0.5, 0.6) is 6.01 Å². The van der Waals surface area contributed by atoms with Crippen molar-refractivity contribution in [1.82, 2.24) is 29.8 Å². The molecule has 0 saturated heterocycles. The van der Waals surface area contributed by atoms with Gasteiger partial charge in [-0.3, -0.25) is 9.55 Å². The summed E-state index contributed by atoms with van der Waals surface area (Å²) in [5.74, 6) is 0.198. The van der Waals surface area contributed by atoms with Crippen molar-refractivity contribution in [3.63, 3.8) is 0 Å². The lowest BCUT2D eigenvalue weighted by Gasteiger charge is -2.07. The van der Waals surface area contributed by atoms with Crippen molar-refractivity contribution in [3.05, 3.63) is 40.1 Å². The van der Waals surface area contributed by atoms with E-state index in [4.69, 9.17) is 10.5 Å². The molecular weight excluding hydrogens is 370 g/mol. The van der Waals surface area contributed by atoms with Gasteiger partial charge < -0.3 is 20.8 Å². The van der Waals surface area contributed by atoms with Gasteiger partial charge in [0, 0.05) is 12.7 Å². The number of H-pyrrole nitrogens is 1. The van der Waals surface area contributed by atoms with E-state index >= 15 is 0 Å².